The molecule has 0 aromatic heterocycles. The van der Waals surface area contributed by atoms with E-state index < -0.39 is 0 Å². The van der Waals surface area contributed by atoms with Crippen molar-refractivity contribution in [2.75, 3.05) is 19.6 Å². The highest BCUT2D eigenvalue weighted by Crippen LogP contribution is 2.23. The molecule has 80 valence electrons. The lowest BCUT2D eigenvalue weighted by molar-refractivity contribution is -0.131. The van der Waals surface area contributed by atoms with Crippen LogP contribution in [0.5, 0.6) is 0 Å². The first-order valence-electron chi connectivity index (χ1n) is 5.16. The van der Waals surface area contributed by atoms with Crippen LogP contribution in [0.3, 0.4) is 0 Å². The summed E-state index contributed by atoms with van der Waals surface area (Å²) < 4.78 is 0. The van der Waals surface area contributed by atoms with E-state index in [0.29, 0.717) is 13.1 Å². The van der Waals surface area contributed by atoms with Crippen LogP contribution in [0.15, 0.2) is 10.1 Å². The number of carbonyl (C=O) groups is 1. The van der Waals surface area contributed by atoms with E-state index in [1.54, 1.807) is 4.90 Å². The third-order valence-corrected chi connectivity index (χ3v) is 3.07. The molecule has 0 aliphatic carbocycles. The van der Waals surface area contributed by atoms with Crippen LogP contribution in [0, 0.1) is 5.92 Å². The third kappa shape index (κ3) is 1.18. The van der Waals surface area contributed by atoms with Gasteiger partial charge in [-0.2, -0.15) is 5.10 Å². The van der Waals surface area contributed by atoms with Crippen molar-refractivity contribution in [3.8, 4) is 0 Å². The molecule has 0 aromatic carbocycles. The van der Waals surface area contributed by atoms with E-state index >= 15 is 0 Å². The van der Waals surface area contributed by atoms with Crippen LogP contribution in [0.4, 0.5) is 0 Å². The number of aliphatic imine (C=N–C) groups is 1. The van der Waals surface area contributed by atoms with Crippen molar-refractivity contribution in [2.24, 2.45) is 16.0 Å². The van der Waals surface area contributed by atoms with Crippen LogP contribution in [-0.4, -0.2) is 48.2 Å². The van der Waals surface area contributed by atoms with Crippen molar-refractivity contribution in [1.82, 2.24) is 15.6 Å². The highest BCUT2D eigenvalue weighted by atomic mass is 16.2. The van der Waals surface area contributed by atoms with Crippen LogP contribution in [0.25, 0.3) is 0 Å². The van der Waals surface area contributed by atoms with E-state index in [4.69, 9.17) is 0 Å². The van der Waals surface area contributed by atoms with Gasteiger partial charge in [0.2, 0.25) is 5.91 Å². The number of nitrogens with one attached hydrogen (secondary N) is 2. The third-order valence-electron chi connectivity index (χ3n) is 3.07. The molecule has 1 saturated heterocycles. The molecule has 0 spiro atoms. The summed E-state index contributed by atoms with van der Waals surface area (Å²) >= 11 is 0. The second-order valence-electron chi connectivity index (χ2n) is 4.02. The molecular weight excluding hydrogens is 194 g/mol. The molecule has 0 bridgehead atoms. The Hall–Kier alpha value is -1.43. The molecule has 0 saturated carbocycles. The Morgan fingerprint density at radius 2 is 2.40 bits per heavy atom. The Bertz CT molecular complexity index is 375. The first-order valence-corrected chi connectivity index (χ1v) is 5.16. The molecular formula is C9H13N5O. The second kappa shape index (κ2) is 3.03. The number of fused-ring (bicyclic) bond motifs is 2. The molecule has 0 radical (unpaired) electrons. The average molecular weight is 207 g/mol. The monoisotopic (exact) mass is 207 g/mol. The normalized spacial score (nSPS) is 33.9. The van der Waals surface area contributed by atoms with Crippen molar-refractivity contribution in [3.05, 3.63) is 0 Å². The molecule has 3 aliphatic heterocycles. The van der Waals surface area contributed by atoms with E-state index in [-0.39, 0.29) is 18.0 Å². The number of hydrazone groups is 1. The number of nitrogens with zero attached hydrogens (tertiary/aromatic N) is 3. The molecule has 2 unspecified atom stereocenters. The maximum absolute atomic E-state index is 12.1. The van der Waals surface area contributed by atoms with Gasteiger partial charge in [0.25, 0.3) is 0 Å². The Morgan fingerprint density at radius 3 is 3.27 bits per heavy atom. The SMILES string of the molecule is CC1=NNC2N=C3CNCCN3C(=O)C12. The molecule has 3 rings (SSSR count). The average Bonchev–Trinajstić information content (AvgIpc) is 2.61. The van der Waals surface area contributed by atoms with Crippen LogP contribution in [0.2, 0.25) is 0 Å². The van der Waals surface area contributed by atoms with Gasteiger partial charge < -0.3 is 5.32 Å². The van der Waals surface area contributed by atoms with Gasteiger partial charge in [0.15, 0.2) is 6.17 Å². The molecule has 3 aliphatic rings. The first-order chi connectivity index (χ1) is 7.27. The highest BCUT2D eigenvalue weighted by molar-refractivity contribution is 6.12. The Morgan fingerprint density at radius 1 is 1.53 bits per heavy atom. The minimum Gasteiger partial charge on any atom is -0.308 e. The largest absolute Gasteiger partial charge is 0.308 e. The lowest BCUT2D eigenvalue weighted by Crippen LogP contribution is -2.58. The number of amidine groups is 1. The van der Waals surface area contributed by atoms with E-state index in [1.807, 2.05) is 6.92 Å². The summed E-state index contributed by atoms with van der Waals surface area (Å²) in [5.41, 5.74) is 3.74. The van der Waals surface area contributed by atoms with Gasteiger partial charge in [-0.05, 0) is 6.92 Å². The zero-order valence-corrected chi connectivity index (χ0v) is 8.53. The van der Waals surface area contributed by atoms with Gasteiger partial charge in [-0.3, -0.25) is 15.1 Å². The molecule has 2 N–H and O–H groups in total. The standard InChI is InChI=1S/C9H13N5O/c1-5-7-8(13-12-5)11-6-4-10-2-3-14(6)9(7)15/h7-8,10,13H,2-4H2,1H3. The summed E-state index contributed by atoms with van der Waals surface area (Å²) in [4.78, 5) is 18.4. The zero-order valence-electron chi connectivity index (χ0n) is 8.53. The van der Waals surface area contributed by atoms with Crippen LogP contribution in [0.1, 0.15) is 6.92 Å². The van der Waals surface area contributed by atoms with Crippen molar-refractivity contribution in [2.45, 2.75) is 13.1 Å². The Balaban J connectivity index is 1.97. The number of amides is 1. The second-order valence-corrected chi connectivity index (χ2v) is 4.02. The minimum atomic E-state index is -0.188. The fraction of sp³-hybridized carbons (Fsp3) is 0.667. The number of hydrogen-bond acceptors (Lipinski definition) is 5. The fourth-order valence-electron chi connectivity index (χ4n) is 2.25. The van der Waals surface area contributed by atoms with Gasteiger partial charge >= 0.3 is 0 Å². The van der Waals surface area contributed by atoms with Crippen molar-refractivity contribution >= 4 is 17.5 Å². The van der Waals surface area contributed by atoms with Crippen LogP contribution in [-0.2, 0) is 4.79 Å². The van der Waals surface area contributed by atoms with Gasteiger partial charge in [-0.1, -0.05) is 0 Å². The molecule has 6 nitrogen and oxygen atoms in total. The molecule has 2 atom stereocenters. The summed E-state index contributed by atoms with van der Waals surface area (Å²) in [6, 6.07) is 0. The number of rotatable bonds is 0. The molecule has 1 amide bonds. The van der Waals surface area contributed by atoms with Crippen molar-refractivity contribution in [1.29, 1.82) is 0 Å². The summed E-state index contributed by atoms with van der Waals surface area (Å²) in [5.74, 6) is 0.787. The van der Waals surface area contributed by atoms with Crippen LogP contribution < -0.4 is 10.7 Å². The molecule has 1 fully saturated rings. The summed E-state index contributed by atoms with van der Waals surface area (Å²) in [7, 11) is 0. The fourth-order valence-corrected chi connectivity index (χ4v) is 2.25. The highest BCUT2D eigenvalue weighted by Gasteiger charge is 2.43. The lowest BCUT2D eigenvalue weighted by Gasteiger charge is -2.36. The smallest absolute Gasteiger partial charge is 0.240 e. The van der Waals surface area contributed by atoms with Gasteiger partial charge in [0, 0.05) is 13.1 Å². The number of piperazine rings is 1. The summed E-state index contributed by atoms with van der Waals surface area (Å²) in [6.07, 6.45) is -0.177. The predicted octanol–water partition coefficient (Wildman–Crippen LogP) is -1.25. The van der Waals surface area contributed by atoms with E-state index in [9.17, 15) is 4.79 Å². The predicted molar refractivity (Wildman–Crippen MR) is 55.5 cm³/mol. The van der Waals surface area contributed by atoms with Gasteiger partial charge in [0.05, 0.1) is 12.3 Å². The number of hydrogen-bond donors (Lipinski definition) is 2. The van der Waals surface area contributed by atoms with E-state index in [0.717, 1.165) is 18.1 Å². The van der Waals surface area contributed by atoms with E-state index in [1.165, 1.54) is 0 Å². The lowest BCUT2D eigenvalue weighted by atomic mass is 9.98. The molecule has 15 heavy (non-hydrogen) atoms. The molecule has 3 heterocycles. The topological polar surface area (TPSA) is 69.1 Å². The zero-order chi connectivity index (χ0) is 10.4. The quantitative estimate of drug-likeness (QED) is 0.521. The molecule has 0 aromatic rings. The number of carbonyl (C=O) groups excluding carboxylic acids is 1. The summed E-state index contributed by atoms with van der Waals surface area (Å²) in [6.45, 7) is 4.11. The Labute approximate surface area is 87.4 Å². The summed E-state index contributed by atoms with van der Waals surface area (Å²) in [5, 5.41) is 7.29. The van der Waals surface area contributed by atoms with Crippen molar-refractivity contribution in [3.63, 3.8) is 0 Å². The van der Waals surface area contributed by atoms with Gasteiger partial charge in [-0.25, -0.2) is 4.99 Å². The minimum absolute atomic E-state index is 0.137. The van der Waals surface area contributed by atoms with Gasteiger partial charge in [-0.15, -0.1) is 0 Å². The maximum Gasteiger partial charge on any atom is 0.240 e. The molecule has 6 heteroatoms. The van der Waals surface area contributed by atoms with E-state index in [2.05, 4.69) is 20.8 Å². The van der Waals surface area contributed by atoms with Gasteiger partial charge in [0.1, 0.15) is 11.8 Å². The first kappa shape index (κ1) is 8.84. The Kier molecular flexibility index (Phi) is 1.79. The van der Waals surface area contributed by atoms with Crippen molar-refractivity contribution < 1.29 is 4.79 Å². The van der Waals surface area contributed by atoms with Crippen LogP contribution >= 0.6 is 0 Å². The maximum atomic E-state index is 12.1.